The van der Waals surface area contributed by atoms with Crippen LogP contribution in [0.5, 0.6) is 0 Å². The minimum atomic E-state index is -4.47. The van der Waals surface area contributed by atoms with Gasteiger partial charge in [0.2, 0.25) is 11.0 Å². The van der Waals surface area contributed by atoms with Crippen LogP contribution in [0.3, 0.4) is 0 Å². The Kier molecular flexibility index (Phi) is 5.81. The average molecular weight is 439 g/mol. The van der Waals surface area contributed by atoms with Gasteiger partial charge in [-0.1, -0.05) is 66.7 Å². The van der Waals surface area contributed by atoms with Crippen molar-refractivity contribution in [3.8, 4) is 11.4 Å². The highest BCUT2D eigenvalue weighted by Gasteiger charge is 2.31. The summed E-state index contributed by atoms with van der Waals surface area (Å²) in [7, 11) is 0. The number of anilines is 2. The first-order chi connectivity index (χ1) is 14.9. The molecule has 4 rings (SSSR count). The quantitative estimate of drug-likeness (QED) is 0.376. The van der Waals surface area contributed by atoms with Crippen LogP contribution in [0, 0.1) is 0 Å². The Balaban J connectivity index is 1.67. The van der Waals surface area contributed by atoms with Crippen molar-refractivity contribution >= 4 is 28.3 Å². The lowest BCUT2D eigenvalue weighted by molar-refractivity contribution is -0.137. The summed E-state index contributed by atoms with van der Waals surface area (Å²) in [6.45, 7) is 0. The molecule has 4 nitrogen and oxygen atoms in total. The second kappa shape index (κ2) is 8.69. The molecular formula is C23H16F3N3OS. The Hall–Kier alpha value is -3.52. The molecule has 0 N–H and O–H groups in total. The number of hydrogen-bond donors (Lipinski definition) is 0. The summed E-state index contributed by atoms with van der Waals surface area (Å²) in [6, 6.07) is 23.0. The summed E-state index contributed by atoms with van der Waals surface area (Å²) in [5.74, 6) is 0.0784. The summed E-state index contributed by atoms with van der Waals surface area (Å²) in [6.07, 6.45) is -4.68. The molecule has 4 aromatic rings. The van der Waals surface area contributed by atoms with Crippen LogP contribution in [-0.4, -0.2) is 15.3 Å². The summed E-state index contributed by atoms with van der Waals surface area (Å²) in [5, 5.41) is 0.349. The first-order valence-corrected chi connectivity index (χ1v) is 10.1. The molecule has 0 radical (unpaired) electrons. The van der Waals surface area contributed by atoms with Crippen LogP contribution in [0.2, 0.25) is 0 Å². The van der Waals surface area contributed by atoms with Crippen LogP contribution in [0.1, 0.15) is 11.1 Å². The van der Waals surface area contributed by atoms with Gasteiger partial charge in [-0.3, -0.25) is 9.69 Å². The molecule has 0 aliphatic rings. The van der Waals surface area contributed by atoms with Gasteiger partial charge in [0, 0.05) is 17.1 Å². The van der Waals surface area contributed by atoms with Crippen molar-refractivity contribution in [2.24, 2.45) is 0 Å². The third kappa shape index (κ3) is 4.80. The van der Waals surface area contributed by atoms with E-state index >= 15 is 0 Å². The highest BCUT2D eigenvalue weighted by Crippen LogP contribution is 2.32. The molecule has 156 valence electrons. The average Bonchev–Trinajstić information content (AvgIpc) is 3.24. The maximum atomic E-state index is 13.2. The second-order valence-corrected chi connectivity index (χ2v) is 7.44. The molecule has 0 unspecified atom stereocenters. The monoisotopic (exact) mass is 439 g/mol. The predicted molar refractivity (Wildman–Crippen MR) is 114 cm³/mol. The lowest BCUT2D eigenvalue weighted by Crippen LogP contribution is -2.27. The van der Waals surface area contributed by atoms with Crippen LogP contribution in [-0.2, 0) is 17.4 Å². The number of carbonyl (C=O) groups excluding carboxylic acids is 1. The third-order valence-corrected chi connectivity index (χ3v) is 5.21. The number of amides is 1. The molecule has 0 bridgehead atoms. The standard InChI is InChI=1S/C23H16F3N3OS/c24-23(25,26)18-11-7-8-16(14-18)15-20(30)29(19-12-5-2-6-13-19)22-27-21(28-31-22)17-9-3-1-4-10-17/h1-14H,15H2. The number of aromatic nitrogens is 2. The van der Waals surface area contributed by atoms with Crippen LogP contribution in [0.15, 0.2) is 84.9 Å². The van der Waals surface area contributed by atoms with Crippen molar-refractivity contribution in [3.63, 3.8) is 0 Å². The number of halogens is 3. The molecule has 0 fully saturated rings. The Labute approximate surface area is 180 Å². The summed E-state index contributed by atoms with van der Waals surface area (Å²) < 4.78 is 43.5. The fourth-order valence-electron chi connectivity index (χ4n) is 3.06. The van der Waals surface area contributed by atoms with E-state index in [0.717, 1.165) is 29.2 Å². The van der Waals surface area contributed by atoms with Gasteiger partial charge in [0.25, 0.3) is 0 Å². The number of hydrogen-bond acceptors (Lipinski definition) is 4. The Bertz CT molecular complexity index is 1180. The molecule has 1 amide bonds. The van der Waals surface area contributed by atoms with Crippen LogP contribution in [0.4, 0.5) is 24.0 Å². The fraction of sp³-hybridized carbons (Fsp3) is 0.0870. The Morgan fingerprint density at radius 2 is 1.58 bits per heavy atom. The van der Waals surface area contributed by atoms with Crippen molar-refractivity contribution in [1.82, 2.24) is 9.36 Å². The van der Waals surface area contributed by atoms with Crippen LogP contribution >= 0.6 is 11.5 Å². The number of carbonyl (C=O) groups is 1. The van der Waals surface area contributed by atoms with Crippen molar-refractivity contribution < 1.29 is 18.0 Å². The first-order valence-electron chi connectivity index (χ1n) is 9.35. The molecule has 0 saturated carbocycles. The highest BCUT2D eigenvalue weighted by molar-refractivity contribution is 7.10. The van der Waals surface area contributed by atoms with Gasteiger partial charge in [-0.05, 0) is 23.8 Å². The molecule has 8 heteroatoms. The SMILES string of the molecule is O=C(Cc1cccc(C(F)(F)F)c1)N(c1ccccc1)c1nc(-c2ccccc2)ns1. The van der Waals surface area contributed by atoms with E-state index in [9.17, 15) is 18.0 Å². The van der Waals surface area contributed by atoms with Gasteiger partial charge in [-0.15, -0.1) is 0 Å². The number of alkyl halides is 3. The van der Waals surface area contributed by atoms with E-state index in [1.807, 2.05) is 36.4 Å². The lowest BCUT2D eigenvalue weighted by atomic mass is 10.1. The third-order valence-electron chi connectivity index (χ3n) is 4.51. The maximum absolute atomic E-state index is 13.2. The summed E-state index contributed by atoms with van der Waals surface area (Å²) in [4.78, 5) is 19.1. The molecule has 1 heterocycles. The number of benzene rings is 3. The van der Waals surface area contributed by atoms with E-state index in [4.69, 9.17) is 0 Å². The molecule has 31 heavy (non-hydrogen) atoms. The Morgan fingerprint density at radius 3 is 2.26 bits per heavy atom. The molecule has 0 aliphatic heterocycles. The van der Waals surface area contributed by atoms with Gasteiger partial charge in [0.15, 0.2) is 5.82 Å². The topological polar surface area (TPSA) is 46.1 Å². The minimum Gasteiger partial charge on any atom is -0.274 e. The second-order valence-electron chi connectivity index (χ2n) is 6.71. The van der Waals surface area contributed by atoms with E-state index < -0.39 is 17.6 Å². The van der Waals surface area contributed by atoms with Crippen LogP contribution in [0.25, 0.3) is 11.4 Å². The summed E-state index contributed by atoms with van der Waals surface area (Å²) >= 11 is 1.06. The van der Waals surface area contributed by atoms with Gasteiger partial charge < -0.3 is 0 Å². The lowest BCUT2D eigenvalue weighted by Gasteiger charge is -2.20. The molecule has 3 aromatic carbocycles. The van der Waals surface area contributed by atoms with E-state index in [2.05, 4.69) is 9.36 Å². The van der Waals surface area contributed by atoms with Crippen LogP contribution < -0.4 is 4.90 Å². The van der Waals surface area contributed by atoms with Crippen molar-refractivity contribution in [3.05, 3.63) is 96.1 Å². The zero-order valence-electron chi connectivity index (χ0n) is 16.1. The van der Waals surface area contributed by atoms with Crippen molar-refractivity contribution in [1.29, 1.82) is 0 Å². The highest BCUT2D eigenvalue weighted by atomic mass is 32.1. The first kappa shape index (κ1) is 20.7. The van der Waals surface area contributed by atoms with E-state index in [1.165, 1.54) is 17.0 Å². The minimum absolute atomic E-state index is 0.209. The predicted octanol–water partition coefficient (Wildman–Crippen LogP) is 6.13. The molecule has 0 spiro atoms. The summed E-state index contributed by atoms with van der Waals surface area (Å²) in [5.41, 5.74) is 0.860. The largest absolute Gasteiger partial charge is 0.416 e. The normalized spacial score (nSPS) is 11.3. The Morgan fingerprint density at radius 1 is 0.903 bits per heavy atom. The molecular weight excluding hydrogens is 423 g/mol. The number of nitrogens with zero attached hydrogens (tertiary/aromatic N) is 3. The number of para-hydroxylation sites is 1. The van der Waals surface area contributed by atoms with Gasteiger partial charge in [-0.25, -0.2) is 0 Å². The maximum Gasteiger partial charge on any atom is 0.416 e. The molecule has 0 aliphatic carbocycles. The molecule has 1 aromatic heterocycles. The smallest absolute Gasteiger partial charge is 0.274 e. The van der Waals surface area contributed by atoms with Crippen molar-refractivity contribution in [2.45, 2.75) is 12.6 Å². The fourth-order valence-corrected chi connectivity index (χ4v) is 3.79. The van der Waals surface area contributed by atoms with E-state index in [1.54, 1.807) is 24.3 Å². The van der Waals surface area contributed by atoms with Gasteiger partial charge >= 0.3 is 6.18 Å². The van der Waals surface area contributed by atoms with Crippen molar-refractivity contribution in [2.75, 3.05) is 4.90 Å². The van der Waals surface area contributed by atoms with E-state index in [0.29, 0.717) is 16.6 Å². The molecule has 0 saturated heterocycles. The zero-order valence-corrected chi connectivity index (χ0v) is 16.9. The van der Waals surface area contributed by atoms with Gasteiger partial charge in [-0.2, -0.15) is 22.5 Å². The van der Waals surface area contributed by atoms with Gasteiger partial charge in [0.1, 0.15) is 0 Å². The zero-order chi connectivity index (χ0) is 21.8. The van der Waals surface area contributed by atoms with Gasteiger partial charge in [0.05, 0.1) is 17.7 Å². The molecule has 0 atom stereocenters. The number of rotatable bonds is 5. The van der Waals surface area contributed by atoms with E-state index in [-0.39, 0.29) is 12.0 Å².